The molecule has 0 spiro atoms. The van der Waals surface area contributed by atoms with Crippen molar-refractivity contribution in [2.45, 2.75) is 105 Å². The standard InChI is InChI=1S/C29H42O7/c1-15(25(35)36)11-17(30)8-7-16-12-22(34)29(6)24-18(31)13-20-26(2,3)21(33)9-10-27(20,4)23(24)19(32)14-28(16,29)5/h15-16,18,20-21,31,33H,7-14H2,1-6H3,(H,35,36)/t15-,16-,18-,20-,21-,27-,28+,29-/m0/s1. The summed E-state index contributed by atoms with van der Waals surface area (Å²) in [4.78, 5) is 51.3. The topological polar surface area (TPSA) is 129 Å². The fraction of sp³-hybridized carbons (Fsp3) is 0.793. The van der Waals surface area contributed by atoms with Gasteiger partial charge in [0.05, 0.1) is 23.5 Å². The fourth-order valence-electron chi connectivity index (χ4n) is 8.63. The van der Waals surface area contributed by atoms with Crippen LogP contribution in [0.25, 0.3) is 0 Å². The predicted octanol–water partition coefficient (Wildman–Crippen LogP) is 3.89. The molecule has 7 heteroatoms. The number of aliphatic hydroxyl groups excluding tert-OH is 2. The summed E-state index contributed by atoms with van der Waals surface area (Å²) in [5, 5.41) is 31.4. The molecule has 0 unspecified atom stereocenters. The number of aliphatic hydroxyl groups is 2. The lowest BCUT2D eigenvalue weighted by molar-refractivity contribution is -0.143. The van der Waals surface area contributed by atoms with Crippen LogP contribution in [-0.4, -0.2) is 50.8 Å². The van der Waals surface area contributed by atoms with Crippen LogP contribution in [0.5, 0.6) is 0 Å². The number of aliphatic carboxylic acids is 1. The first-order chi connectivity index (χ1) is 16.5. The van der Waals surface area contributed by atoms with E-state index in [0.717, 1.165) is 0 Å². The van der Waals surface area contributed by atoms with Gasteiger partial charge in [-0.05, 0) is 66.3 Å². The molecule has 0 radical (unpaired) electrons. The number of ketones is 3. The van der Waals surface area contributed by atoms with Crippen LogP contribution in [0.2, 0.25) is 0 Å². The number of allylic oxidation sites excluding steroid dienone is 1. The second-order valence-electron chi connectivity index (χ2n) is 13.4. The molecule has 0 heterocycles. The number of hydrogen-bond donors (Lipinski definition) is 3. The molecule has 0 aromatic rings. The van der Waals surface area contributed by atoms with Crippen molar-refractivity contribution >= 4 is 23.3 Å². The molecule has 0 aromatic carbocycles. The van der Waals surface area contributed by atoms with Crippen molar-refractivity contribution in [3.05, 3.63) is 11.1 Å². The molecule has 0 aliphatic heterocycles. The second-order valence-corrected chi connectivity index (χ2v) is 13.4. The van der Waals surface area contributed by atoms with Crippen LogP contribution in [0, 0.1) is 39.4 Å². The number of carbonyl (C=O) groups is 4. The average molecular weight is 503 g/mol. The summed E-state index contributed by atoms with van der Waals surface area (Å²) < 4.78 is 0. The molecule has 0 saturated heterocycles. The SMILES string of the molecule is C[C@@H](CC(=O)CC[C@H]1CC(=O)[C@@]2(C)C3=C(C(=O)C[C@]12C)[C@@]1(C)CC[C@H](O)C(C)(C)[C@@H]1C[C@@H]3O)C(=O)O. The maximum Gasteiger partial charge on any atom is 0.306 e. The van der Waals surface area contributed by atoms with Crippen LogP contribution >= 0.6 is 0 Å². The Morgan fingerprint density at radius 3 is 2.33 bits per heavy atom. The van der Waals surface area contributed by atoms with Gasteiger partial charge in [0.15, 0.2) is 5.78 Å². The van der Waals surface area contributed by atoms with Gasteiger partial charge in [0.1, 0.15) is 11.6 Å². The number of carboxylic acids is 1. The van der Waals surface area contributed by atoms with Gasteiger partial charge in [-0.2, -0.15) is 0 Å². The van der Waals surface area contributed by atoms with Gasteiger partial charge in [-0.1, -0.05) is 34.6 Å². The van der Waals surface area contributed by atoms with Crippen molar-refractivity contribution in [3.63, 3.8) is 0 Å². The third kappa shape index (κ3) is 3.59. The number of fused-ring (bicyclic) bond motifs is 4. The summed E-state index contributed by atoms with van der Waals surface area (Å²) in [5.41, 5.74) is -1.49. The molecule has 4 rings (SSSR count). The summed E-state index contributed by atoms with van der Waals surface area (Å²) in [6.07, 6.45) is 1.17. The third-order valence-electron chi connectivity index (χ3n) is 11.2. The Morgan fingerprint density at radius 1 is 1.08 bits per heavy atom. The fourth-order valence-corrected chi connectivity index (χ4v) is 8.63. The highest BCUT2D eigenvalue weighted by Gasteiger charge is 2.69. The van der Waals surface area contributed by atoms with E-state index in [-0.39, 0.29) is 54.9 Å². The Morgan fingerprint density at radius 2 is 1.72 bits per heavy atom. The number of carbonyl (C=O) groups excluding carboxylic acids is 3. The van der Waals surface area contributed by atoms with E-state index < -0.39 is 45.8 Å². The minimum Gasteiger partial charge on any atom is -0.481 e. The summed E-state index contributed by atoms with van der Waals surface area (Å²) >= 11 is 0. The van der Waals surface area contributed by atoms with Crippen LogP contribution in [-0.2, 0) is 19.2 Å². The molecule has 3 N–H and O–H groups in total. The number of Topliss-reactive ketones (excluding diaryl/α,β-unsaturated/α-hetero) is 3. The highest BCUT2D eigenvalue weighted by molar-refractivity contribution is 6.05. The Balaban J connectivity index is 1.71. The van der Waals surface area contributed by atoms with Crippen LogP contribution in [0.4, 0.5) is 0 Å². The molecule has 0 bridgehead atoms. The zero-order valence-electron chi connectivity index (χ0n) is 22.5. The first kappa shape index (κ1) is 27.2. The van der Waals surface area contributed by atoms with Crippen LogP contribution in [0.1, 0.15) is 92.9 Å². The molecule has 0 amide bonds. The molecule has 4 aliphatic carbocycles. The summed E-state index contributed by atoms with van der Waals surface area (Å²) in [7, 11) is 0. The van der Waals surface area contributed by atoms with Gasteiger partial charge in [-0.15, -0.1) is 0 Å². The molecule has 0 aromatic heterocycles. The Labute approximate surface area is 213 Å². The first-order valence-corrected chi connectivity index (χ1v) is 13.4. The van der Waals surface area contributed by atoms with Gasteiger partial charge in [0.2, 0.25) is 0 Å². The van der Waals surface area contributed by atoms with Crippen LogP contribution in [0.15, 0.2) is 11.1 Å². The van der Waals surface area contributed by atoms with E-state index in [1.165, 1.54) is 6.92 Å². The van der Waals surface area contributed by atoms with Gasteiger partial charge in [0, 0.05) is 31.3 Å². The molecular weight excluding hydrogens is 460 g/mol. The van der Waals surface area contributed by atoms with Gasteiger partial charge >= 0.3 is 5.97 Å². The quantitative estimate of drug-likeness (QED) is 0.502. The van der Waals surface area contributed by atoms with Gasteiger partial charge in [-0.3, -0.25) is 19.2 Å². The van der Waals surface area contributed by atoms with Crippen molar-refractivity contribution in [3.8, 4) is 0 Å². The molecule has 200 valence electrons. The van der Waals surface area contributed by atoms with Crippen molar-refractivity contribution < 1.29 is 34.5 Å². The van der Waals surface area contributed by atoms with E-state index in [1.54, 1.807) is 0 Å². The normalized spacial score (nSPS) is 42.4. The first-order valence-electron chi connectivity index (χ1n) is 13.4. The Hall–Kier alpha value is -1.86. The molecule has 4 aliphatic rings. The number of hydrogen-bond acceptors (Lipinski definition) is 6. The van der Waals surface area contributed by atoms with Gasteiger partial charge in [0.25, 0.3) is 0 Å². The smallest absolute Gasteiger partial charge is 0.306 e. The number of carboxylic acid groups (broad SMARTS) is 1. The zero-order chi connectivity index (χ0) is 27.0. The van der Waals surface area contributed by atoms with Crippen molar-refractivity contribution in [2.24, 2.45) is 39.4 Å². The van der Waals surface area contributed by atoms with Gasteiger partial charge < -0.3 is 15.3 Å². The summed E-state index contributed by atoms with van der Waals surface area (Å²) in [6, 6.07) is 0. The largest absolute Gasteiger partial charge is 0.481 e. The van der Waals surface area contributed by atoms with Gasteiger partial charge in [-0.25, -0.2) is 0 Å². The minimum absolute atomic E-state index is 0.0116. The summed E-state index contributed by atoms with van der Waals surface area (Å²) in [5.74, 6) is -2.19. The number of rotatable bonds is 6. The Kier molecular flexibility index (Phi) is 6.48. The zero-order valence-corrected chi connectivity index (χ0v) is 22.5. The maximum absolute atomic E-state index is 14.0. The van der Waals surface area contributed by atoms with Crippen molar-refractivity contribution in [2.75, 3.05) is 0 Å². The molecule has 2 fully saturated rings. The highest BCUT2D eigenvalue weighted by Crippen LogP contribution is 2.70. The lowest BCUT2D eigenvalue weighted by Gasteiger charge is -2.61. The molecule has 7 nitrogen and oxygen atoms in total. The lowest BCUT2D eigenvalue weighted by Crippen LogP contribution is -2.60. The monoisotopic (exact) mass is 502 g/mol. The van der Waals surface area contributed by atoms with E-state index in [0.29, 0.717) is 36.8 Å². The predicted molar refractivity (Wildman–Crippen MR) is 133 cm³/mol. The van der Waals surface area contributed by atoms with Crippen molar-refractivity contribution in [1.29, 1.82) is 0 Å². The average Bonchev–Trinajstić information content (AvgIpc) is 2.97. The molecule has 36 heavy (non-hydrogen) atoms. The molecule has 8 atom stereocenters. The second kappa shape index (κ2) is 8.59. The van der Waals surface area contributed by atoms with E-state index in [4.69, 9.17) is 5.11 Å². The van der Waals surface area contributed by atoms with E-state index >= 15 is 0 Å². The molecule has 2 saturated carbocycles. The van der Waals surface area contributed by atoms with Crippen LogP contribution in [0.3, 0.4) is 0 Å². The Bertz CT molecular complexity index is 1040. The molecular formula is C29H42O7. The maximum atomic E-state index is 14.0. The van der Waals surface area contributed by atoms with E-state index in [2.05, 4.69) is 6.92 Å². The van der Waals surface area contributed by atoms with E-state index in [9.17, 15) is 29.4 Å². The van der Waals surface area contributed by atoms with Crippen molar-refractivity contribution in [1.82, 2.24) is 0 Å². The highest BCUT2D eigenvalue weighted by atomic mass is 16.4. The van der Waals surface area contributed by atoms with Crippen LogP contribution < -0.4 is 0 Å². The lowest BCUT2D eigenvalue weighted by atomic mass is 9.42. The summed E-state index contributed by atoms with van der Waals surface area (Å²) in [6.45, 7) is 11.5. The third-order valence-corrected chi connectivity index (χ3v) is 11.2. The minimum atomic E-state index is -1.01. The van der Waals surface area contributed by atoms with E-state index in [1.807, 2.05) is 27.7 Å².